The lowest BCUT2D eigenvalue weighted by Gasteiger charge is -2.33. The van der Waals surface area contributed by atoms with E-state index in [1.807, 2.05) is 0 Å². The molecule has 2 fully saturated rings. The second kappa shape index (κ2) is 7.22. The predicted molar refractivity (Wildman–Crippen MR) is 61.2 cm³/mol. The van der Waals surface area contributed by atoms with E-state index >= 15 is 0 Å². The lowest BCUT2D eigenvalue weighted by molar-refractivity contribution is -0.0390. The fourth-order valence-electron chi connectivity index (χ4n) is 2.12. The molecule has 0 radical (unpaired) electrons. The Labute approximate surface area is 97.6 Å². The highest BCUT2D eigenvalue weighted by atomic mass is 16.5. The highest BCUT2D eigenvalue weighted by molar-refractivity contribution is 4.80. The van der Waals surface area contributed by atoms with Crippen molar-refractivity contribution in [3.63, 3.8) is 0 Å². The molecule has 2 rings (SSSR count). The maximum atomic E-state index is 8.61. The molecule has 0 aliphatic heterocycles. The monoisotopic (exact) mass is 232 g/mol. The van der Waals surface area contributed by atoms with Gasteiger partial charge in [-0.1, -0.05) is 0 Å². The lowest BCUT2D eigenvalue weighted by Crippen LogP contribution is -2.35. The summed E-state index contributed by atoms with van der Waals surface area (Å²) < 4.78 is 10.1. The van der Waals surface area contributed by atoms with Gasteiger partial charge in [0.2, 0.25) is 0 Å². The third kappa shape index (κ3) is 3.42. The molecule has 0 aromatic heterocycles. The van der Waals surface area contributed by atoms with E-state index in [9.17, 15) is 0 Å². The van der Waals surface area contributed by atoms with Crippen molar-refractivity contribution in [2.45, 2.75) is 37.9 Å². The standard InChI is InChI=1S/2C6H12O2/c2*1-8-6-3-2-5(6)4-7/h2*5-7H,2-4H2,1H3/t2*5-,6-/m10/s1. The Morgan fingerprint density at radius 1 is 0.812 bits per heavy atom. The van der Waals surface area contributed by atoms with E-state index in [2.05, 4.69) is 0 Å². The molecule has 4 atom stereocenters. The first kappa shape index (κ1) is 13.9. The molecule has 0 unspecified atom stereocenters. The minimum absolute atomic E-state index is 0.290. The third-order valence-electron chi connectivity index (χ3n) is 3.77. The van der Waals surface area contributed by atoms with E-state index in [0.717, 1.165) is 25.7 Å². The summed E-state index contributed by atoms with van der Waals surface area (Å²) >= 11 is 0. The lowest BCUT2D eigenvalue weighted by atomic mass is 9.83. The molecule has 0 spiro atoms. The van der Waals surface area contributed by atoms with Gasteiger partial charge in [0, 0.05) is 39.3 Å². The molecule has 0 saturated heterocycles. The topological polar surface area (TPSA) is 58.9 Å². The maximum Gasteiger partial charge on any atom is 0.0621 e. The number of aliphatic hydroxyl groups excluding tert-OH is 2. The fraction of sp³-hybridized carbons (Fsp3) is 1.00. The van der Waals surface area contributed by atoms with E-state index in [-0.39, 0.29) is 0 Å². The van der Waals surface area contributed by atoms with Crippen molar-refractivity contribution in [3.05, 3.63) is 0 Å². The molecule has 4 heteroatoms. The molecule has 16 heavy (non-hydrogen) atoms. The van der Waals surface area contributed by atoms with Gasteiger partial charge in [0.1, 0.15) is 0 Å². The van der Waals surface area contributed by atoms with E-state index in [1.165, 1.54) is 0 Å². The van der Waals surface area contributed by atoms with Gasteiger partial charge in [-0.15, -0.1) is 0 Å². The second-order valence-corrected chi connectivity index (χ2v) is 4.59. The fourth-order valence-corrected chi connectivity index (χ4v) is 2.12. The van der Waals surface area contributed by atoms with Crippen molar-refractivity contribution in [1.29, 1.82) is 0 Å². The third-order valence-corrected chi connectivity index (χ3v) is 3.77. The summed E-state index contributed by atoms with van der Waals surface area (Å²) in [6.45, 7) is 0.580. The van der Waals surface area contributed by atoms with Crippen LogP contribution in [0.15, 0.2) is 0 Å². The van der Waals surface area contributed by atoms with E-state index in [1.54, 1.807) is 14.2 Å². The van der Waals surface area contributed by atoms with Gasteiger partial charge in [0.15, 0.2) is 0 Å². The van der Waals surface area contributed by atoms with Crippen LogP contribution in [0.2, 0.25) is 0 Å². The van der Waals surface area contributed by atoms with Crippen LogP contribution < -0.4 is 0 Å². The summed E-state index contributed by atoms with van der Waals surface area (Å²) in [5.74, 6) is 0.861. The van der Waals surface area contributed by atoms with Crippen LogP contribution in [0.3, 0.4) is 0 Å². The van der Waals surface area contributed by atoms with Gasteiger partial charge in [-0.05, 0) is 25.7 Å². The summed E-state index contributed by atoms with van der Waals surface area (Å²) in [5.41, 5.74) is 0. The summed E-state index contributed by atoms with van der Waals surface area (Å²) in [6, 6.07) is 0. The first-order valence-electron chi connectivity index (χ1n) is 6.04. The normalized spacial score (nSPS) is 36.8. The number of hydrogen-bond donors (Lipinski definition) is 2. The second-order valence-electron chi connectivity index (χ2n) is 4.59. The number of ether oxygens (including phenoxy) is 2. The summed E-state index contributed by atoms with van der Waals surface area (Å²) in [4.78, 5) is 0. The van der Waals surface area contributed by atoms with E-state index < -0.39 is 0 Å². The van der Waals surface area contributed by atoms with E-state index in [4.69, 9.17) is 19.7 Å². The van der Waals surface area contributed by atoms with Crippen LogP contribution in [-0.4, -0.2) is 49.9 Å². The van der Waals surface area contributed by atoms with Crippen molar-refractivity contribution in [2.24, 2.45) is 11.8 Å². The smallest absolute Gasteiger partial charge is 0.0621 e. The van der Waals surface area contributed by atoms with Crippen LogP contribution in [-0.2, 0) is 9.47 Å². The largest absolute Gasteiger partial charge is 0.396 e. The maximum absolute atomic E-state index is 8.61. The number of aliphatic hydroxyl groups is 2. The number of methoxy groups -OCH3 is 2. The molecule has 2 saturated carbocycles. The minimum Gasteiger partial charge on any atom is -0.396 e. The number of rotatable bonds is 4. The molecule has 4 nitrogen and oxygen atoms in total. The predicted octanol–water partition coefficient (Wildman–Crippen LogP) is 0.807. The van der Waals surface area contributed by atoms with Crippen molar-refractivity contribution >= 4 is 0 Å². The molecular weight excluding hydrogens is 208 g/mol. The van der Waals surface area contributed by atoms with Gasteiger partial charge in [0.25, 0.3) is 0 Å². The zero-order valence-corrected chi connectivity index (χ0v) is 10.3. The molecule has 0 aromatic carbocycles. The first-order valence-corrected chi connectivity index (χ1v) is 6.04. The Morgan fingerprint density at radius 2 is 1.19 bits per heavy atom. The van der Waals surface area contributed by atoms with Crippen LogP contribution in [0, 0.1) is 11.8 Å². The molecule has 96 valence electrons. The highest BCUT2D eigenvalue weighted by Gasteiger charge is 2.30. The zero-order valence-electron chi connectivity index (χ0n) is 10.3. The summed E-state index contributed by atoms with van der Waals surface area (Å²) in [5, 5.41) is 17.2. The highest BCUT2D eigenvalue weighted by Crippen LogP contribution is 2.29. The average Bonchev–Trinajstić information content (AvgIpc) is 2.18. The molecule has 2 aliphatic carbocycles. The van der Waals surface area contributed by atoms with Gasteiger partial charge in [0.05, 0.1) is 12.2 Å². The van der Waals surface area contributed by atoms with Gasteiger partial charge in [-0.3, -0.25) is 0 Å². The molecule has 2 N–H and O–H groups in total. The zero-order chi connectivity index (χ0) is 12.0. The molecule has 0 aromatic rings. The van der Waals surface area contributed by atoms with Gasteiger partial charge >= 0.3 is 0 Å². The SMILES string of the molecule is CO[C@@H]1CC[C@@H]1CO.CO[C@H]1CC[C@H]1CO. The molecule has 0 heterocycles. The summed E-state index contributed by atoms with van der Waals surface area (Å²) in [6.07, 6.45) is 5.22. The number of hydrogen-bond acceptors (Lipinski definition) is 4. The molecule has 0 bridgehead atoms. The first-order chi connectivity index (χ1) is 7.76. The Bertz CT molecular complexity index is 138. The Kier molecular flexibility index (Phi) is 6.28. The van der Waals surface area contributed by atoms with E-state index in [0.29, 0.717) is 37.3 Å². The Morgan fingerprint density at radius 3 is 1.25 bits per heavy atom. The quantitative estimate of drug-likeness (QED) is 0.753. The Hall–Kier alpha value is -0.160. The van der Waals surface area contributed by atoms with Crippen LogP contribution in [0.1, 0.15) is 25.7 Å². The average molecular weight is 232 g/mol. The van der Waals surface area contributed by atoms with Crippen molar-refractivity contribution < 1.29 is 19.7 Å². The van der Waals surface area contributed by atoms with Gasteiger partial charge in [-0.2, -0.15) is 0 Å². The molecule has 0 amide bonds. The van der Waals surface area contributed by atoms with Crippen molar-refractivity contribution in [3.8, 4) is 0 Å². The van der Waals surface area contributed by atoms with Gasteiger partial charge in [-0.25, -0.2) is 0 Å². The van der Waals surface area contributed by atoms with Crippen LogP contribution in [0.25, 0.3) is 0 Å². The van der Waals surface area contributed by atoms with Gasteiger partial charge < -0.3 is 19.7 Å². The summed E-state index contributed by atoms with van der Waals surface area (Å²) in [7, 11) is 3.40. The molecular formula is C12H24O4. The van der Waals surface area contributed by atoms with Crippen LogP contribution in [0.5, 0.6) is 0 Å². The minimum atomic E-state index is 0.290. The Balaban J connectivity index is 0.000000160. The van der Waals surface area contributed by atoms with Crippen molar-refractivity contribution in [2.75, 3.05) is 27.4 Å². The van der Waals surface area contributed by atoms with Crippen LogP contribution >= 0.6 is 0 Å². The van der Waals surface area contributed by atoms with Crippen molar-refractivity contribution in [1.82, 2.24) is 0 Å². The van der Waals surface area contributed by atoms with Crippen LogP contribution in [0.4, 0.5) is 0 Å². The molecule has 2 aliphatic rings.